The normalized spacial score (nSPS) is 10.2. The van der Waals surface area contributed by atoms with E-state index in [4.69, 9.17) is 9.84 Å². The van der Waals surface area contributed by atoms with Crippen LogP contribution in [0, 0.1) is 5.82 Å². The van der Waals surface area contributed by atoms with E-state index in [1.807, 2.05) is 0 Å². The summed E-state index contributed by atoms with van der Waals surface area (Å²) in [5.74, 6) is -1.07. The zero-order chi connectivity index (χ0) is 12.4. The van der Waals surface area contributed by atoms with Gasteiger partial charge in [0.1, 0.15) is 11.6 Å². The highest BCUT2D eigenvalue weighted by Crippen LogP contribution is 2.31. The zero-order valence-corrected chi connectivity index (χ0v) is 9.62. The Morgan fingerprint density at radius 2 is 2.29 bits per heavy atom. The highest BCUT2D eigenvalue weighted by Gasteiger charge is 2.14. The molecule has 0 bridgehead atoms. The van der Waals surface area contributed by atoms with E-state index in [-0.39, 0.29) is 5.01 Å². The van der Waals surface area contributed by atoms with Gasteiger partial charge in [0, 0.05) is 10.9 Å². The summed E-state index contributed by atoms with van der Waals surface area (Å²) in [6.45, 7) is 0. The molecule has 88 valence electrons. The second kappa shape index (κ2) is 4.50. The summed E-state index contributed by atoms with van der Waals surface area (Å²) in [4.78, 5) is 14.6. The number of carboxylic acid groups (broad SMARTS) is 1. The number of carbonyl (C=O) groups is 1. The molecule has 0 saturated carbocycles. The molecule has 1 heterocycles. The van der Waals surface area contributed by atoms with Gasteiger partial charge >= 0.3 is 5.97 Å². The van der Waals surface area contributed by atoms with Crippen LogP contribution in [0.3, 0.4) is 0 Å². The molecule has 0 radical (unpaired) electrons. The van der Waals surface area contributed by atoms with Crippen LogP contribution < -0.4 is 4.74 Å². The maximum absolute atomic E-state index is 13.1. The Bertz CT molecular complexity index is 568. The molecule has 0 spiro atoms. The Hall–Kier alpha value is -1.95. The van der Waals surface area contributed by atoms with Crippen molar-refractivity contribution in [3.8, 4) is 17.0 Å². The van der Waals surface area contributed by atoms with Crippen LogP contribution in [0.2, 0.25) is 0 Å². The van der Waals surface area contributed by atoms with Gasteiger partial charge in [0.05, 0.1) is 12.8 Å². The van der Waals surface area contributed by atoms with Crippen molar-refractivity contribution in [3.05, 3.63) is 34.4 Å². The van der Waals surface area contributed by atoms with Crippen molar-refractivity contribution >= 4 is 17.3 Å². The van der Waals surface area contributed by atoms with Gasteiger partial charge in [-0.15, -0.1) is 11.3 Å². The van der Waals surface area contributed by atoms with E-state index >= 15 is 0 Å². The fourth-order valence-corrected chi connectivity index (χ4v) is 2.03. The number of halogens is 1. The first-order chi connectivity index (χ1) is 8.11. The number of rotatable bonds is 3. The maximum atomic E-state index is 13.1. The van der Waals surface area contributed by atoms with Gasteiger partial charge in [-0.05, 0) is 18.2 Å². The van der Waals surface area contributed by atoms with E-state index in [2.05, 4.69) is 4.98 Å². The molecular weight excluding hydrogens is 245 g/mol. The van der Waals surface area contributed by atoms with Gasteiger partial charge in [-0.25, -0.2) is 14.2 Å². The van der Waals surface area contributed by atoms with Crippen LogP contribution in [0.1, 0.15) is 9.80 Å². The molecule has 0 atom stereocenters. The minimum absolute atomic E-state index is 0.0358. The van der Waals surface area contributed by atoms with Crippen molar-refractivity contribution in [3.63, 3.8) is 0 Å². The number of carboxylic acids is 1. The molecule has 2 rings (SSSR count). The largest absolute Gasteiger partial charge is 0.496 e. The van der Waals surface area contributed by atoms with Crippen molar-refractivity contribution in [2.24, 2.45) is 0 Å². The molecule has 1 aromatic heterocycles. The fraction of sp³-hybridized carbons (Fsp3) is 0.0909. The molecule has 0 amide bonds. The molecular formula is C11H8FNO3S. The van der Waals surface area contributed by atoms with Crippen LogP contribution in [0.15, 0.2) is 23.6 Å². The molecule has 6 heteroatoms. The van der Waals surface area contributed by atoms with Crippen molar-refractivity contribution in [1.29, 1.82) is 0 Å². The maximum Gasteiger partial charge on any atom is 0.365 e. The van der Waals surface area contributed by atoms with Gasteiger partial charge in [-0.2, -0.15) is 0 Å². The van der Waals surface area contributed by atoms with Gasteiger partial charge in [0.2, 0.25) is 5.01 Å². The number of aromatic nitrogens is 1. The Kier molecular flexibility index (Phi) is 3.06. The molecule has 17 heavy (non-hydrogen) atoms. The van der Waals surface area contributed by atoms with E-state index < -0.39 is 11.8 Å². The van der Waals surface area contributed by atoms with Gasteiger partial charge in [0.25, 0.3) is 0 Å². The van der Waals surface area contributed by atoms with Crippen molar-refractivity contribution in [1.82, 2.24) is 4.98 Å². The smallest absolute Gasteiger partial charge is 0.365 e. The van der Waals surface area contributed by atoms with E-state index in [0.717, 1.165) is 11.3 Å². The first-order valence-electron chi connectivity index (χ1n) is 4.64. The minimum Gasteiger partial charge on any atom is -0.496 e. The summed E-state index contributed by atoms with van der Waals surface area (Å²) in [5, 5.41) is 10.3. The van der Waals surface area contributed by atoms with E-state index in [0.29, 0.717) is 17.0 Å². The van der Waals surface area contributed by atoms with Crippen LogP contribution in [-0.2, 0) is 0 Å². The van der Waals surface area contributed by atoms with Crippen molar-refractivity contribution in [2.75, 3.05) is 7.11 Å². The van der Waals surface area contributed by atoms with Crippen LogP contribution in [0.25, 0.3) is 11.3 Å². The van der Waals surface area contributed by atoms with E-state index in [1.54, 1.807) is 5.38 Å². The second-order valence-electron chi connectivity index (χ2n) is 3.19. The summed E-state index contributed by atoms with van der Waals surface area (Å²) in [5.41, 5.74) is 0.833. The number of aromatic carboxylic acids is 1. The number of hydrogen-bond acceptors (Lipinski definition) is 4. The Labute approximate surface area is 100 Å². The molecule has 0 aliphatic heterocycles. The summed E-state index contributed by atoms with van der Waals surface area (Å²) in [6.07, 6.45) is 0. The Balaban J connectivity index is 2.51. The summed E-state index contributed by atoms with van der Waals surface area (Å²) in [6, 6.07) is 4.01. The summed E-state index contributed by atoms with van der Waals surface area (Å²) in [7, 11) is 1.46. The van der Waals surface area contributed by atoms with Crippen molar-refractivity contribution in [2.45, 2.75) is 0 Å². The lowest BCUT2D eigenvalue weighted by atomic mass is 10.1. The number of nitrogens with zero attached hydrogens (tertiary/aromatic N) is 1. The quantitative estimate of drug-likeness (QED) is 0.913. The lowest BCUT2D eigenvalue weighted by Crippen LogP contribution is -1.95. The predicted octanol–water partition coefficient (Wildman–Crippen LogP) is 2.66. The lowest BCUT2D eigenvalue weighted by molar-refractivity contribution is 0.0696. The highest BCUT2D eigenvalue weighted by atomic mass is 32.1. The van der Waals surface area contributed by atoms with Crippen molar-refractivity contribution < 1.29 is 19.0 Å². The number of hydrogen-bond donors (Lipinski definition) is 1. The average Bonchev–Trinajstić information content (AvgIpc) is 2.78. The topological polar surface area (TPSA) is 59.4 Å². The molecule has 0 unspecified atom stereocenters. The SMILES string of the molecule is COc1ccc(F)cc1-c1csc(C(=O)O)n1. The van der Waals surface area contributed by atoms with Gasteiger partial charge in [0.15, 0.2) is 0 Å². The first kappa shape index (κ1) is 11.5. The number of thiazole rings is 1. The molecule has 1 N–H and O–H groups in total. The third kappa shape index (κ3) is 2.26. The first-order valence-corrected chi connectivity index (χ1v) is 5.52. The molecule has 2 aromatic rings. The number of methoxy groups -OCH3 is 1. The molecule has 0 fully saturated rings. The summed E-state index contributed by atoms with van der Waals surface area (Å²) < 4.78 is 18.2. The van der Waals surface area contributed by atoms with E-state index in [9.17, 15) is 9.18 Å². The predicted molar refractivity (Wildman–Crippen MR) is 61.0 cm³/mol. The highest BCUT2D eigenvalue weighted by molar-refractivity contribution is 7.11. The number of benzene rings is 1. The molecule has 4 nitrogen and oxygen atoms in total. The number of ether oxygens (including phenoxy) is 1. The standard InChI is InChI=1S/C11H8FNO3S/c1-16-9-3-2-6(12)4-7(9)8-5-17-10(13-8)11(14)15/h2-5H,1H3,(H,14,15). The van der Waals surface area contributed by atoms with Crippen LogP contribution in [-0.4, -0.2) is 23.2 Å². The average molecular weight is 253 g/mol. The van der Waals surface area contributed by atoms with Gasteiger partial charge < -0.3 is 9.84 Å². The zero-order valence-electron chi connectivity index (χ0n) is 8.81. The van der Waals surface area contributed by atoms with E-state index in [1.165, 1.54) is 25.3 Å². The minimum atomic E-state index is -1.10. The van der Waals surface area contributed by atoms with Crippen LogP contribution >= 0.6 is 11.3 Å². The molecule has 0 saturated heterocycles. The Morgan fingerprint density at radius 3 is 2.88 bits per heavy atom. The molecule has 0 aliphatic rings. The lowest BCUT2D eigenvalue weighted by Gasteiger charge is -2.05. The van der Waals surface area contributed by atoms with Gasteiger partial charge in [-0.3, -0.25) is 0 Å². The fourth-order valence-electron chi connectivity index (χ4n) is 1.38. The summed E-state index contributed by atoms with van der Waals surface area (Å²) >= 11 is 0.989. The molecule has 1 aromatic carbocycles. The third-order valence-corrected chi connectivity index (χ3v) is 2.95. The van der Waals surface area contributed by atoms with Crippen LogP contribution in [0.5, 0.6) is 5.75 Å². The van der Waals surface area contributed by atoms with Crippen LogP contribution in [0.4, 0.5) is 4.39 Å². The van der Waals surface area contributed by atoms with Gasteiger partial charge in [-0.1, -0.05) is 0 Å². The second-order valence-corrected chi connectivity index (χ2v) is 4.05. The Morgan fingerprint density at radius 1 is 1.53 bits per heavy atom. The monoisotopic (exact) mass is 253 g/mol. The third-order valence-electron chi connectivity index (χ3n) is 2.12. The molecule has 0 aliphatic carbocycles.